The molecule has 1 fully saturated rings. The van der Waals surface area contributed by atoms with Crippen LogP contribution in [-0.4, -0.2) is 54.7 Å². The van der Waals surface area contributed by atoms with Crippen LogP contribution < -0.4 is 10.1 Å². The maximum atomic E-state index is 13.6. The van der Waals surface area contributed by atoms with Crippen LogP contribution in [0, 0.1) is 0 Å². The van der Waals surface area contributed by atoms with Gasteiger partial charge in [-0.25, -0.2) is 13.6 Å². The molecule has 6 nitrogen and oxygen atoms in total. The minimum Gasteiger partial charge on any atom is -0.491 e. The second-order valence-electron chi connectivity index (χ2n) is 8.91. The van der Waals surface area contributed by atoms with Gasteiger partial charge >= 0.3 is 12.3 Å². The smallest absolute Gasteiger partial charge is 0.419 e. The van der Waals surface area contributed by atoms with Crippen LogP contribution in [0.5, 0.6) is 5.75 Å². The molecule has 1 heterocycles. The van der Waals surface area contributed by atoms with Gasteiger partial charge in [-0.15, -0.1) is 0 Å². The van der Waals surface area contributed by atoms with Gasteiger partial charge in [-0.3, -0.25) is 4.79 Å². The summed E-state index contributed by atoms with van der Waals surface area (Å²) >= 11 is 0. The number of likely N-dealkylation sites (tertiary alicyclic amines) is 1. The average molecular weight is 498 g/mol. The quantitative estimate of drug-likeness (QED) is 0.350. The third kappa shape index (κ3) is 6.97. The molecule has 0 atom stereocenters. The Kier molecular flexibility index (Phi) is 7.15. The van der Waals surface area contributed by atoms with Gasteiger partial charge in [0.05, 0.1) is 30.8 Å². The third-order valence-corrected chi connectivity index (χ3v) is 4.73. The lowest BCUT2D eigenvalue weighted by Crippen LogP contribution is -2.58. The highest BCUT2D eigenvalue weighted by Crippen LogP contribution is 2.38. The lowest BCUT2D eigenvalue weighted by atomic mass is 9.99. The van der Waals surface area contributed by atoms with Crippen molar-refractivity contribution in [2.45, 2.75) is 38.5 Å². The number of hydrogen-bond donors (Lipinski definition) is 1. The minimum absolute atomic E-state index is 0.0160. The van der Waals surface area contributed by atoms with Gasteiger partial charge in [-0.2, -0.15) is 13.2 Å². The molecule has 0 saturated carbocycles. The van der Waals surface area contributed by atoms with Crippen LogP contribution >= 0.6 is 0 Å². The molecule has 0 spiro atoms. The van der Waals surface area contributed by atoms with Crippen molar-refractivity contribution in [1.82, 2.24) is 10.2 Å². The molecular weight excluding hydrogens is 475 g/mol. The van der Waals surface area contributed by atoms with E-state index in [9.17, 15) is 31.5 Å². The van der Waals surface area contributed by atoms with E-state index in [0.717, 1.165) is 17.0 Å². The Balaban J connectivity index is 1.72. The second kappa shape index (κ2) is 9.60. The maximum Gasteiger partial charge on any atom is 0.419 e. The first kappa shape index (κ1) is 26.1. The standard InChI is InChI=1S/C24H23F5N2O4/c1-22(2,3)35-21(33)30-10-11-34-19-9-8-17(12-18(19)24(27,28)29)15-4-6-16(7-5-15)20(32)31-13-23(25,26)14-31/h4,6,8-9,12H,10-11,13-14H2,1-3H3,(H,30,33). The van der Waals surface area contributed by atoms with E-state index in [1.807, 2.05) is 0 Å². The number of benzene rings is 1. The Bertz CT molecular complexity index is 1140. The summed E-state index contributed by atoms with van der Waals surface area (Å²) in [6.07, 6.45) is -2.79. The fraction of sp³-hybridized carbons (Fsp3) is 0.417. The number of rotatable bonds is 6. The van der Waals surface area contributed by atoms with E-state index in [1.54, 1.807) is 20.8 Å². The zero-order chi connectivity index (χ0) is 26.0. The molecule has 0 bridgehead atoms. The highest BCUT2D eigenvalue weighted by atomic mass is 19.4. The van der Waals surface area contributed by atoms with E-state index in [4.69, 9.17) is 9.47 Å². The molecule has 1 aromatic rings. The molecule has 3 rings (SSSR count). The van der Waals surface area contributed by atoms with Crippen molar-refractivity contribution in [2.75, 3.05) is 26.2 Å². The normalized spacial score (nSPS) is 16.7. The SMILES string of the molecule is CC(C)(C)OC(=O)NCCOc1ccc(C2=C=C=C(C(=O)N3CC(F)(F)C3)C=C2)cc1C(F)(F)F. The van der Waals surface area contributed by atoms with Gasteiger partial charge in [0.2, 0.25) is 0 Å². The lowest BCUT2D eigenvalue weighted by molar-refractivity contribution is -0.161. The lowest BCUT2D eigenvalue weighted by Gasteiger charge is -2.38. The van der Waals surface area contributed by atoms with Crippen LogP contribution in [0.3, 0.4) is 0 Å². The summed E-state index contributed by atoms with van der Waals surface area (Å²) in [5, 5.41) is 2.39. The molecule has 1 aliphatic carbocycles. The minimum atomic E-state index is -4.73. The molecule has 2 amide bonds. The summed E-state index contributed by atoms with van der Waals surface area (Å²) in [5.41, 5.74) is 3.73. The van der Waals surface area contributed by atoms with Crippen molar-refractivity contribution in [2.24, 2.45) is 0 Å². The van der Waals surface area contributed by atoms with Crippen molar-refractivity contribution in [3.8, 4) is 5.75 Å². The first-order valence-electron chi connectivity index (χ1n) is 10.6. The van der Waals surface area contributed by atoms with Crippen LogP contribution in [0.15, 0.2) is 47.4 Å². The fourth-order valence-electron chi connectivity index (χ4n) is 3.18. The molecular formula is C24H23F5N2O4. The Morgan fingerprint density at radius 2 is 1.80 bits per heavy atom. The van der Waals surface area contributed by atoms with E-state index >= 15 is 0 Å². The zero-order valence-corrected chi connectivity index (χ0v) is 19.2. The molecule has 0 aromatic heterocycles. The van der Waals surface area contributed by atoms with Crippen LogP contribution in [-0.2, 0) is 15.7 Å². The van der Waals surface area contributed by atoms with Crippen molar-refractivity contribution in [3.63, 3.8) is 0 Å². The zero-order valence-electron chi connectivity index (χ0n) is 19.2. The first-order chi connectivity index (χ1) is 16.1. The number of nitrogens with one attached hydrogen (secondary N) is 1. The second-order valence-corrected chi connectivity index (χ2v) is 8.91. The monoisotopic (exact) mass is 498 g/mol. The molecule has 188 valence electrons. The highest BCUT2D eigenvalue weighted by Gasteiger charge is 2.46. The number of alkyl carbamates (subject to hydrolysis) is 1. The molecule has 1 saturated heterocycles. The third-order valence-electron chi connectivity index (χ3n) is 4.73. The summed E-state index contributed by atoms with van der Waals surface area (Å²) in [6.45, 7) is 3.34. The van der Waals surface area contributed by atoms with Crippen LogP contribution in [0.1, 0.15) is 31.9 Å². The van der Waals surface area contributed by atoms with E-state index in [2.05, 4.69) is 16.8 Å². The Morgan fingerprint density at radius 3 is 2.34 bits per heavy atom. The molecule has 1 aliphatic heterocycles. The van der Waals surface area contributed by atoms with E-state index < -0.39 is 54.1 Å². The van der Waals surface area contributed by atoms with Gasteiger partial charge in [-0.1, -0.05) is 17.5 Å². The number of allylic oxidation sites excluding steroid dienone is 2. The number of ether oxygens (including phenoxy) is 2. The summed E-state index contributed by atoms with van der Waals surface area (Å²) < 4.78 is 77.1. The molecule has 0 unspecified atom stereocenters. The summed E-state index contributed by atoms with van der Waals surface area (Å²) in [7, 11) is 0. The van der Waals surface area contributed by atoms with Gasteiger partial charge < -0.3 is 19.7 Å². The van der Waals surface area contributed by atoms with Crippen molar-refractivity contribution >= 4 is 17.6 Å². The van der Waals surface area contributed by atoms with Gasteiger partial charge in [-0.05, 0) is 50.6 Å². The number of nitrogens with zero attached hydrogens (tertiary/aromatic N) is 1. The Hall–Kier alpha value is -3.55. The van der Waals surface area contributed by atoms with Gasteiger partial charge in [0.1, 0.15) is 18.0 Å². The van der Waals surface area contributed by atoms with Gasteiger partial charge in [0.25, 0.3) is 11.8 Å². The predicted octanol–water partition coefficient (Wildman–Crippen LogP) is 4.72. The fourth-order valence-corrected chi connectivity index (χ4v) is 3.18. The first-order valence-corrected chi connectivity index (χ1v) is 10.6. The van der Waals surface area contributed by atoms with Crippen molar-refractivity contribution in [3.05, 3.63) is 58.5 Å². The molecule has 11 heteroatoms. The van der Waals surface area contributed by atoms with Crippen molar-refractivity contribution in [1.29, 1.82) is 0 Å². The van der Waals surface area contributed by atoms with Gasteiger partial charge in [0.15, 0.2) is 0 Å². The number of alkyl halides is 5. The van der Waals surface area contributed by atoms with E-state index in [0.29, 0.717) is 0 Å². The number of halogens is 5. The van der Waals surface area contributed by atoms with Crippen molar-refractivity contribution < 1.29 is 41.0 Å². The van der Waals surface area contributed by atoms with Gasteiger partial charge in [0, 0.05) is 5.57 Å². The van der Waals surface area contributed by atoms with Crippen LogP contribution in [0.25, 0.3) is 5.57 Å². The number of carbonyl (C=O) groups is 2. The summed E-state index contributed by atoms with van der Waals surface area (Å²) in [4.78, 5) is 24.7. The molecule has 1 aromatic carbocycles. The molecule has 35 heavy (non-hydrogen) atoms. The number of amides is 2. The maximum absolute atomic E-state index is 13.6. The van der Waals surface area contributed by atoms with Crippen LogP contribution in [0.4, 0.5) is 26.7 Å². The average Bonchev–Trinajstić information content (AvgIpc) is 2.73. The molecule has 1 N–H and O–H groups in total. The van der Waals surface area contributed by atoms with Crippen LogP contribution in [0.2, 0.25) is 0 Å². The largest absolute Gasteiger partial charge is 0.491 e. The number of carbonyl (C=O) groups excluding carboxylic acids is 2. The topological polar surface area (TPSA) is 67.9 Å². The molecule has 0 radical (unpaired) electrons. The Labute approximate surface area is 198 Å². The number of hydrogen-bond acceptors (Lipinski definition) is 4. The highest BCUT2D eigenvalue weighted by molar-refractivity contribution is 5.98. The predicted molar refractivity (Wildman–Crippen MR) is 116 cm³/mol. The molecule has 2 aliphatic rings. The Morgan fingerprint density at radius 1 is 1.11 bits per heavy atom. The van der Waals surface area contributed by atoms with E-state index in [-0.39, 0.29) is 29.9 Å². The summed E-state index contributed by atoms with van der Waals surface area (Å²) in [6, 6.07) is 3.39. The van der Waals surface area contributed by atoms with E-state index in [1.165, 1.54) is 18.2 Å². The summed E-state index contributed by atoms with van der Waals surface area (Å²) in [5.74, 6) is -4.00.